The van der Waals surface area contributed by atoms with E-state index in [1.165, 1.54) is 5.56 Å². The molecule has 1 saturated heterocycles. The standard InChI is InChI=1S/C25H32N2O4S/c28-19-22-6-7-24-23(17-22)18-27(14-15-32(24,30)31)25(29)10-13-26-11-8-21(9-12-26)16-20-4-2-1-3-5-20/h1-7,17,21,28H,8-16,18-19H2. The third kappa shape index (κ3) is 5.57. The van der Waals surface area contributed by atoms with Crippen molar-refractivity contribution in [2.24, 2.45) is 5.92 Å². The summed E-state index contributed by atoms with van der Waals surface area (Å²) in [4.78, 5) is 17.2. The van der Waals surface area contributed by atoms with Crippen molar-refractivity contribution in [2.45, 2.75) is 43.7 Å². The molecule has 2 aliphatic heterocycles. The van der Waals surface area contributed by atoms with Crippen LogP contribution in [-0.2, 0) is 34.2 Å². The number of benzene rings is 2. The number of fused-ring (bicyclic) bond motifs is 1. The molecular weight excluding hydrogens is 424 g/mol. The minimum absolute atomic E-state index is 0.00568. The fourth-order valence-corrected chi connectivity index (χ4v) is 6.25. The molecule has 6 nitrogen and oxygen atoms in total. The van der Waals surface area contributed by atoms with Gasteiger partial charge in [-0.2, -0.15) is 0 Å². The number of carbonyl (C=O) groups is 1. The molecule has 7 heteroatoms. The average molecular weight is 457 g/mol. The molecule has 2 aromatic carbocycles. The molecule has 2 heterocycles. The average Bonchev–Trinajstić information content (AvgIpc) is 2.94. The van der Waals surface area contributed by atoms with Crippen molar-refractivity contribution in [2.75, 3.05) is 31.9 Å². The fourth-order valence-electron chi connectivity index (χ4n) is 4.77. The summed E-state index contributed by atoms with van der Waals surface area (Å²) < 4.78 is 25.2. The Morgan fingerprint density at radius 1 is 1.00 bits per heavy atom. The molecule has 1 N–H and O–H groups in total. The maximum absolute atomic E-state index is 12.9. The van der Waals surface area contributed by atoms with E-state index in [9.17, 15) is 18.3 Å². The molecule has 0 atom stereocenters. The van der Waals surface area contributed by atoms with Gasteiger partial charge in [-0.05, 0) is 61.0 Å². The summed E-state index contributed by atoms with van der Waals surface area (Å²) in [6.07, 6.45) is 3.80. The molecule has 172 valence electrons. The Labute approximate surface area is 190 Å². The van der Waals surface area contributed by atoms with Crippen LogP contribution in [0.3, 0.4) is 0 Å². The fraction of sp³-hybridized carbons (Fsp3) is 0.480. The molecule has 0 aromatic heterocycles. The lowest BCUT2D eigenvalue weighted by Gasteiger charge is -2.32. The predicted molar refractivity (Wildman–Crippen MR) is 124 cm³/mol. The zero-order chi connectivity index (χ0) is 22.6. The van der Waals surface area contributed by atoms with Crippen molar-refractivity contribution in [3.8, 4) is 0 Å². The Hall–Kier alpha value is -2.22. The van der Waals surface area contributed by atoms with Crippen LogP contribution in [-0.4, -0.2) is 61.2 Å². The normalized spacial score (nSPS) is 19.3. The number of piperidine rings is 1. The van der Waals surface area contributed by atoms with E-state index in [0.29, 0.717) is 30.0 Å². The Morgan fingerprint density at radius 3 is 2.47 bits per heavy atom. The van der Waals surface area contributed by atoms with Crippen molar-refractivity contribution >= 4 is 15.7 Å². The summed E-state index contributed by atoms with van der Waals surface area (Å²) in [6.45, 7) is 3.05. The van der Waals surface area contributed by atoms with Crippen LogP contribution in [0.25, 0.3) is 0 Å². The third-order valence-corrected chi connectivity index (χ3v) is 8.49. The van der Waals surface area contributed by atoms with E-state index in [4.69, 9.17) is 0 Å². The van der Waals surface area contributed by atoms with Gasteiger partial charge in [-0.3, -0.25) is 4.79 Å². The third-order valence-electron chi connectivity index (χ3n) is 6.70. The van der Waals surface area contributed by atoms with E-state index in [1.54, 1.807) is 23.1 Å². The van der Waals surface area contributed by atoms with Crippen molar-refractivity contribution in [1.82, 2.24) is 9.80 Å². The van der Waals surface area contributed by atoms with Crippen LogP contribution >= 0.6 is 0 Å². The van der Waals surface area contributed by atoms with E-state index in [0.717, 1.165) is 32.4 Å². The Morgan fingerprint density at radius 2 is 1.75 bits per heavy atom. The molecule has 1 fully saturated rings. The first-order valence-corrected chi connectivity index (χ1v) is 13.1. The van der Waals surface area contributed by atoms with Crippen LogP contribution in [0.1, 0.15) is 36.0 Å². The first-order chi connectivity index (χ1) is 15.4. The zero-order valence-corrected chi connectivity index (χ0v) is 19.3. The number of aliphatic hydroxyl groups excluding tert-OH is 1. The second-order valence-electron chi connectivity index (χ2n) is 8.96. The number of nitrogens with zero attached hydrogens (tertiary/aromatic N) is 2. The van der Waals surface area contributed by atoms with Gasteiger partial charge in [0.15, 0.2) is 9.84 Å². The number of rotatable bonds is 6. The molecule has 0 bridgehead atoms. The van der Waals surface area contributed by atoms with Crippen LogP contribution in [0.2, 0.25) is 0 Å². The molecule has 0 aliphatic carbocycles. The number of amides is 1. The van der Waals surface area contributed by atoms with Gasteiger partial charge >= 0.3 is 0 Å². The van der Waals surface area contributed by atoms with Gasteiger partial charge in [-0.1, -0.05) is 42.5 Å². The second-order valence-corrected chi connectivity index (χ2v) is 11.0. The van der Waals surface area contributed by atoms with Gasteiger partial charge in [0.25, 0.3) is 0 Å². The largest absolute Gasteiger partial charge is 0.392 e. The van der Waals surface area contributed by atoms with Gasteiger partial charge in [-0.25, -0.2) is 8.42 Å². The summed E-state index contributed by atoms with van der Waals surface area (Å²) in [7, 11) is -3.42. The first kappa shape index (κ1) is 23.0. The Balaban J connectivity index is 1.30. The van der Waals surface area contributed by atoms with Gasteiger partial charge < -0.3 is 14.9 Å². The highest BCUT2D eigenvalue weighted by Crippen LogP contribution is 2.25. The summed E-state index contributed by atoms with van der Waals surface area (Å²) in [5, 5.41) is 9.41. The van der Waals surface area contributed by atoms with Gasteiger partial charge in [0.05, 0.1) is 17.3 Å². The maximum Gasteiger partial charge on any atom is 0.224 e. The van der Waals surface area contributed by atoms with Crippen molar-refractivity contribution < 1.29 is 18.3 Å². The Bertz CT molecular complexity index is 1030. The number of hydrogen-bond donors (Lipinski definition) is 1. The van der Waals surface area contributed by atoms with E-state index >= 15 is 0 Å². The maximum atomic E-state index is 12.9. The summed E-state index contributed by atoms with van der Waals surface area (Å²) >= 11 is 0. The molecule has 2 aliphatic rings. The predicted octanol–water partition coefficient (Wildman–Crippen LogP) is 2.64. The van der Waals surface area contributed by atoms with E-state index in [-0.39, 0.29) is 36.3 Å². The monoisotopic (exact) mass is 456 g/mol. The highest BCUT2D eigenvalue weighted by molar-refractivity contribution is 7.91. The van der Waals surface area contributed by atoms with Gasteiger partial charge in [0.1, 0.15) is 0 Å². The second kappa shape index (κ2) is 10.1. The summed E-state index contributed by atoms with van der Waals surface area (Å²) in [5.74, 6) is 0.626. The highest BCUT2D eigenvalue weighted by atomic mass is 32.2. The van der Waals surface area contributed by atoms with Crippen LogP contribution in [0.5, 0.6) is 0 Å². The summed E-state index contributed by atoms with van der Waals surface area (Å²) in [6, 6.07) is 15.5. The molecule has 0 radical (unpaired) electrons. The van der Waals surface area contributed by atoms with Crippen LogP contribution in [0.4, 0.5) is 0 Å². The topological polar surface area (TPSA) is 77.9 Å². The minimum atomic E-state index is -3.42. The molecule has 2 aromatic rings. The lowest BCUT2D eigenvalue weighted by Crippen LogP contribution is -2.39. The molecule has 4 rings (SSSR count). The Kier molecular flexibility index (Phi) is 7.28. The van der Waals surface area contributed by atoms with Crippen molar-refractivity contribution in [3.63, 3.8) is 0 Å². The van der Waals surface area contributed by atoms with Crippen molar-refractivity contribution in [1.29, 1.82) is 0 Å². The summed E-state index contributed by atoms with van der Waals surface area (Å²) in [5.41, 5.74) is 2.65. The number of carbonyl (C=O) groups excluding carboxylic acids is 1. The van der Waals surface area contributed by atoms with Crippen LogP contribution in [0.15, 0.2) is 53.4 Å². The first-order valence-electron chi connectivity index (χ1n) is 11.4. The van der Waals surface area contributed by atoms with Crippen LogP contribution in [0, 0.1) is 5.92 Å². The molecule has 0 spiro atoms. The van der Waals surface area contributed by atoms with Gasteiger partial charge in [0, 0.05) is 26.1 Å². The minimum Gasteiger partial charge on any atom is -0.392 e. The smallest absolute Gasteiger partial charge is 0.224 e. The lowest BCUT2D eigenvalue weighted by molar-refractivity contribution is -0.132. The quantitative estimate of drug-likeness (QED) is 0.723. The van der Waals surface area contributed by atoms with E-state index < -0.39 is 9.84 Å². The molecule has 0 saturated carbocycles. The molecule has 1 amide bonds. The van der Waals surface area contributed by atoms with E-state index in [1.807, 2.05) is 6.07 Å². The number of likely N-dealkylation sites (tertiary alicyclic amines) is 1. The van der Waals surface area contributed by atoms with Gasteiger partial charge in [0.2, 0.25) is 5.91 Å². The van der Waals surface area contributed by atoms with Crippen LogP contribution < -0.4 is 0 Å². The number of hydrogen-bond acceptors (Lipinski definition) is 5. The van der Waals surface area contributed by atoms with Gasteiger partial charge in [-0.15, -0.1) is 0 Å². The van der Waals surface area contributed by atoms with E-state index in [2.05, 4.69) is 29.2 Å². The number of sulfone groups is 1. The zero-order valence-electron chi connectivity index (χ0n) is 18.4. The lowest BCUT2D eigenvalue weighted by atomic mass is 9.90. The highest BCUT2D eigenvalue weighted by Gasteiger charge is 2.28. The molecular formula is C25H32N2O4S. The molecule has 0 unspecified atom stereocenters. The SMILES string of the molecule is O=C(CCN1CCC(Cc2ccccc2)CC1)N1CCS(=O)(=O)c2ccc(CO)cc2C1. The van der Waals surface area contributed by atoms with Crippen molar-refractivity contribution in [3.05, 3.63) is 65.2 Å². The number of aliphatic hydroxyl groups is 1. The molecule has 32 heavy (non-hydrogen) atoms.